The van der Waals surface area contributed by atoms with Crippen molar-refractivity contribution in [2.75, 3.05) is 13.2 Å². The topological polar surface area (TPSA) is 78.9 Å². The zero-order valence-corrected chi connectivity index (χ0v) is 55.5. The summed E-state index contributed by atoms with van der Waals surface area (Å²) in [5.74, 6) is -0.861. The Balaban J connectivity index is 4.22. The van der Waals surface area contributed by atoms with Crippen LogP contribution in [-0.4, -0.2) is 37.2 Å². The summed E-state index contributed by atoms with van der Waals surface area (Å²) < 4.78 is 17.0. The first-order valence-corrected chi connectivity index (χ1v) is 36.4. The summed E-state index contributed by atoms with van der Waals surface area (Å²) in [6, 6.07) is 0. The van der Waals surface area contributed by atoms with Crippen molar-refractivity contribution in [3.05, 3.63) is 72.9 Å². The quantitative estimate of drug-likeness (QED) is 0.0261. The molecule has 0 radical (unpaired) electrons. The van der Waals surface area contributed by atoms with Gasteiger partial charge >= 0.3 is 17.9 Å². The van der Waals surface area contributed by atoms with E-state index in [-0.39, 0.29) is 31.1 Å². The smallest absolute Gasteiger partial charge is 0.306 e. The maximum Gasteiger partial charge on any atom is 0.306 e. The van der Waals surface area contributed by atoms with Crippen molar-refractivity contribution in [3.8, 4) is 0 Å². The van der Waals surface area contributed by atoms with E-state index in [9.17, 15) is 14.4 Å². The minimum atomic E-state index is -0.779. The number of allylic oxidation sites excluding steroid dienone is 12. The molecule has 6 heteroatoms. The second-order valence-electron chi connectivity index (χ2n) is 24.5. The molecule has 0 bridgehead atoms. The van der Waals surface area contributed by atoms with Gasteiger partial charge in [0.1, 0.15) is 13.2 Å². The van der Waals surface area contributed by atoms with E-state index in [4.69, 9.17) is 14.2 Å². The predicted octanol–water partition coefficient (Wildman–Crippen LogP) is 25.2. The van der Waals surface area contributed by atoms with Crippen LogP contribution in [0.2, 0.25) is 0 Å². The molecule has 0 aliphatic carbocycles. The van der Waals surface area contributed by atoms with Gasteiger partial charge < -0.3 is 14.2 Å². The lowest BCUT2D eigenvalue weighted by molar-refractivity contribution is -0.167. The van der Waals surface area contributed by atoms with Gasteiger partial charge in [-0.2, -0.15) is 0 Å². The number of rotatable bonds is 67. The van der Waals surface area contributed by atoms with Crippen molar-refractivity contribution in [2.24, 2.45) is 0 Å². The number of ether oxygens (including phenoxy) is 3. The summed E-state index contributed by atoms with van der Waals surface area (Å²) in [7, 11) is 0. The Morgan fingerprint density at radius 2 is 0.470 bits per heavy atom. The van der Waals surface area contributed by atoms with Gasteiger partial charge in [0.15, 0.2) is 6.10 Å². The number of esters is 3. The van der Waals surface area contributed by atoms with Crippen LogP contribution < -0.4 is 0 Å². The van der Waals surface area contributed by atoms with Crippen LogP contribution >= 0.6 is 0 Å². The SMILES string of the molecule is CC/C=C\C/C=C\C/C=C\C/C=C\CCCCCCCCCCCCCCCCCCCCC(=O)OCC(COC(=O)CCCCCCC/C=C\CCCCCCCC)OC(=O)CCCCCCCCCCC/C=C\CCCCCCCC. The highest BCUT2D eigenvalue weighted by Crippen LogP contribution is 2.18. The Kier molecular flexibility index (Phi) is 68.6. The molecule has 1 unspecified atom stereocenters. The van der Waals surface area contributed by atoms with E-state index in [2.05, 4.69) is 93.7 Å². The van der Waals surface area contributed by atoms with E-state index in [1.807, 2.05) is 0 Å². The van der Waals surface area contributed by atoms with Crippen LogP contribution in [0.25, 0.3) is 0 Å². The van der Waals surface area contributed by atoms with Gasteiger partial charge in [-0.05, 0) is 109 Å². The number of carbonyl (C=O) groups is 3. The summed E-state index contributed by atoms with van der Waals surface area (Å²) in [6.07, 6.45) is 93.7. The summed E-state index contributed by atoms with van der Waals surface area (Å²) >= 11 is 0. The molecule has 6 nitrogen and oxygen atoms in total. The Labute approximate surface area is 516 Å². The van der Waals surface area contributed by atoms with E-state index in [1.54, 1.807) is 0 Å². The Morgan fingerprint density at radius 3 is 0.747 bits per heavy atom. The van der Waals surface area contributed by atoms with Crippen LogP contribution in [0.4, 0.5) is 0 Å². The Bertz CT molecular complexity index is 1520. The lowest BCUT2D eigenvalue weighted by Gasteiger charge is -2.18. The third kappa shape index (κ3) is 69.5. The van der Waals surface area contributed by atoms with Gasteiger partial charge in [0, 0.05) is 19.3 Å². The second-order valence-corrected chi connectivity index (χ2v) is 24.5. The molecule has 0 N–H and O–H groups in total. The molecule has 0 aromatic heterocycles. The molecule has 482 valence electrons. The van der Waals surface area contributed by atoms with Crippen molar-refractivity contribution >= 4 is 17.9 Å². The lowest BCUT2D eigenvalue weighted by atomic mass is 10.0. The highest BCUT2D eigenvalue weighted by Gasteiger charge is 2.19. The van der Waals surface area contributed by atoms with Gasteiger partial charge in [0.2, 0.25) is 0 Å². The van der Waals surface area contributed by atoms with Gasteiger partial charge in [-0.25, -0.2) is 0 Å². The first kappa shape index (κ1) is 79.8. The largest absolute Gasteiger partial charge is 0.462 e. The molecular formula is C77H138O6. The van der Waals surface area contributed by atoms with Gasteiger partial charge in [0.05, 0.1) is 0 Å². The van der Waals surface area contributed by atoms with E-state index in [0.29, 0.717) is 19.3 Å². The van der Waals surface area contributed by atoms with Crippen LogP contribution in [0.5, 0.6) is 0 Å². The van der Waals surface area contributed by atoms with E-state index in [0.717, 1.165) is 89.9 Å². The Hall–Kier alpha value is -3.15. The molecule has 0 aromatic rings. The fourth-order valence-electron chi connectivity index (χ4n) is 10.7. The molecule has 0 rings (SSSR count). The molecule has 0 saturated heterocycles. The molecule has 0 fully saturated rings. The van der Waals surface area contributed by atoms with E-state index < -0.39 is 6.10 Å². The molecule has 1 atom stereocenters. The summed E-state index contributed by atoms with van der Waals surface area (Å²) in [4.78, 5) is 38.5. The third-order valence-electron chi connectivity index (χ3n) is 16.2. The first-order chi connectivity index (χ1) is 41.0. The van der Waals surface area contributed by atoms with Crippen molar-refractivity contribution in [1.29, 1.82) is 0 Å². The molecule has 0 aromatic carbocycles. The number of hydrogen-bond donors (Lipinski definition) is 0. The molecular weight excluding hydrogens is 1020 g/mol. The highest BCUT2D eigenvalue weighted by atomic mass is 16.6. The van der Waals surface area contributed by atoms with Gasteiger partial charge in [0.25, 0.3) is 0 Å². The van der Waals surface area contributed by atoms with E-state index in [1.165, 1.54) is 250 Å². The van der Waals surface area contributed by atoms with Gasteiger partial charge in [-0.15, -0.1) is 0 Å². The van der Waals surface area contributed by atoms with Crippen LogP contribution in [0.3, 0.4) is 0 Å². The standard InChI is InChI=1S/C77H138O6/c1-4-7-10-13-16-19-22-25-28-30-32-33-34-35-36-37-38-39-40-41-42-43-45-46-49-52-55-58-61-64-67-70-76(79)82-73-74(72-81-75(78)69-66-63-60-57-54-51-48-27-24-21-18-15-12-9-6-3)83-77(80)71-68-65-62-59-56-53-50-47-44-31-29-26-23-20-17-14-11-8-5-2/h7,10,16,19,25-29,32-33,48,74H,4-6,8-9,11-15,17-18,20-24,30-31,34-47,49-73H2,1-3H3/b10-7-,19-16-,28-25-,29-26-,33-32-,48-27-. The zero-order chi connectivity index (χ0) is 59.9. The third-order valence-corrected chi connectivity index (χ3v) is 16.2. The summed E-state index contributed by atoms with van der Waals surface area (Å²) in [5, 5.41) is 0. The second kappa shape index (κ2) is 71.3. The van der Waals surface area contributed by atoms with Gasteiger partial charge in [-0.3, -0.25) is 14.4 Å². The average molecular weight is 1160 g/mol. The van der Waals surface area contributed by atoms with Crippen LogP contribution in [0, 0.1) is 0 Å². The molecule has 0 amide bonds. The van der Waals surface area contributed by atoms with Crippen molar-refractivity contribution in [3.63, 3.8) is 0 Å². The molecule has 0 aliphatic rings. The summed E-state index contributed by atoms with van der Waals surface area (Å²) in [6.45, 7) is 6.57. The minimum Gasteiger partial charge on any atom is -0.462 e. The molecule has 0 spiro atoms. The predicted molar refractivity (Wildman–Crippen MR) is 362 cm³/mol. The van der Waals surface area contributed by atoms with Gasteiger partial charge in [-0.1, -0.05) is 325 Å². The number of hydrogen-bond acceptors (Lipinski definition) is 6. The fraction of sp³-hybridized carbons (Fsp3) is 0.805. The van der Waals surface area contributed by atoms with E-state index >= 15 is 0 Å². The number of carbonyl (C=O) groups excluding carboxylic acids is 3. The van der Waals surface area contributed by atoms with Crippen LogP contribution in [0.15, 0.2) is 72.9 Å². The number of unbranched alkanes of at least 4 members (excludes halogenated alkanes) is 44. The molecule has 0 heterocycles. The van der Waals surface area contributed by atoms with Crippen molar-refractivity contribution < 1.29 is 28.6 Å². The summed E-state index contributed by atoms with van der Waals surface area (Å²) in [5.41, 5.74) is 0. The van der Waals surface area contributed by atoms with Crippen LogP contribution in [0.1, 0.15) is 380 Å². The molecule has 0 aliphatic heterocycles. The zero-order valence-electron chi connectivity index (χ0n) is 55.5. The molecule has 83 heavy (non-hydrogen) atoms. The van der Waals surface area contributed by atoms with Crippen molar-refractivity contribution in [1.82, 2.24) is 0 Å². The lowest BCUT2D eigenvalue weighted by Crippen LogP contribution is -2.30. The highest BCUT2D eigenvalue weighted by molar-refractivity contribution is 5.71. The Morgan fingerprint density at radius 1 is 0.253 bits per heavy atom. The monoisotopic (exact) mass is 1160 g/mol. The molecule has 0 saturated carbocycles. The maximum absolute atomic E-state index is 13.0. The normalized spacial score (nSPS) is 12.5. The fourth-order valence-corrected chi connectivity index (χ4v) is 10.7. The van der Waals surface area contributed by atoms with Crippen LogP contribution in [-0.2, 0) is 28.6 Å². The minimum absolute atomic E-state index is 0.0741. The van der Waals surface area contributed by atoms with Crippen molar-refractivity contribution in [2.45, 2.75) is 386 Å². The first-order valence-electron chi connectivity index (χ1n) is 36.4. The maximum atomic E-state index is 13.0. The average Bonchev–Trinajstić information content (AvgIpc) is 3.49.